The van der Waals surface area contributed by atoms with Crippen LogP contribution in [0.15, 0.2) is 6.07 Å². The minimum Gasteiger partial charge on any atom is -0.394 e. The van der Waals surface area contributed by atoms with Gasteiger partial charge in [-0.25, -0.2) is 0 Å². The normalized spacial score (nSPS) is 19.5. The maximum Gasteiger partial charge on any atom is 0.0613 e. The van der Waals surface area contributed by atoms with Crippen molar-refractivity contribution in [2.45, 2.75) is 58.0 Å². The molecule has 1 aromatic heterocycles. The van der Waals surface area contributed by atoms with Gasteiger partial charge in [0, 0.05) is 21.8 Å². The second-order valence-corrected chi connectivity index (χ2v) is 6.75. The number of thiophene rings is 1. The molecule has 1 aliphatic rings. The van der Waals surface area contributed by atoms with Crippen LogP contribution in [0.3, 0.4) is 0 Å². The fourth-order valence-corrected chi connectivity index (χ4v) is 3.71. The van der Waals surface area contributed by atoms with Crippen LogP contribution >= 0.6 is 11.3 Å². The second-order valence-electron chi connectivity index (χ2n) is 5.29. The Morgan fingerprint density at radius 3 is 2.53 bits per heavy atom. The molecule has 17 heavy (non-hydrogen) atoms. The number of aliphatic hydroxyl groups excluding tert-OH is 1. The molecule has 3 heteroatoms. The fraction of sp³-hybridized carbons (Fsp3) is 0.714. The first kappa shape index (κ1) is 13.1. The summed E-state index contributed by atoms with van der Waals surface area (Å²) >= 11 is 1.86. The minimum absolute atomic E-state index is 0.0134. The van der Waals surface area contributed by atoms with Gasteiger partial charge in [0.15, 0.2) is 0 Å². The fourth-order valence-electron chi connectivity index (χ4n) is 2.76. The van der Waals surface area contributed by atoms with Crippen LogP contribution in [0.25, 0.3) is 0 Å². The third kappa shape index (κ3) is 3.09. The molecule has 0 aromatic carbocycles. The molecule has 0 unspecified atom stereocenters. The van der Waals surface area contributed by atoms with Crippen LogP contribution < -0.4 is 5.32 Å². The maximum absolute atomic E-state index is 9.63. The van der Waals surface area contributed by atoms with Crippen LogP contribution in [-0.2, 0) is 6.54 Å². The zero-order valence-corrected chi connectivity index (χ0v) is 11.7. The van der Waals surface area contributed by atoms with Crippen LogP contribution in [0.2, 0.25) is 0 Å². The molecule has 2 nitrogen and oxygen atoms in total. The van der Waals surface area contributed by atoms with E-state index >= 15 is 0 Å². The number of hydrogen-bond donors (Lipinski definition) is 2. The Balaban J connectivity index is 1.98. The van der Waals surface area contributed by atoms with Crippen molar-refractivity contribution in [3.05, 3.63) is 21.4 Å². The first-order valence-corrected chi connectivity index (χ1v) is 7.39. The number of hydrogen-bond acceptors (Lipinski definition) is 3. The smallest absolute Gasteiger partial charge is 0.0613 e. The van der Waals surface area contributed by atoms with Crippen molar-refractivity contribution in [3.8, 4) is 0 Å². The lowest BCUT2D eigenvalue weighted by Gasteiger charge is -2.36. The van der Waals surface area contributed by atoms with Crippen molar-refractivity contribution < 1.29 is 5.11 Å². The summed E-state index contributed by atoms with van der Waals surface area (Å²) in [6, 6.07) is 2.26. The number of nitrogens with one attached hydrogen (secondary N) is 1. The van der Waals surface area contributed by atoms with Gasteiger partial charge in [-0.05, 0) is 38.3 Å². The summed E-state index contributed by atoms with van der Waals surface area (Å²) in [7, 11) is 0. The third-order valence-electron chi connectivity index (χ3n) is 3.91. The molecule has 2 rings (SSSR count). The maximum atomic E-state index is 9.63. The lowest BCUT2D eigenvalue weighted by atomic mass is 9.82. The van der Waals surface area contributed by atoms with Gasteiger partial charge < -0.3 is 10.4 Å². The van der Waals surface area contributed by atoms with E-state index in [1.165, 1.54) is 34.6 Å². The van der Waals surface area contributed by atoms with E-state index in [2.05, 4.69) is 25.2 Å². The summed E-state index contributed by atoms with van der Waals surface area (Å²) in [5, 5.41) is 13.2. The van der Waals surface area contributed by atoms with E-state index in [9.17, 15) is 5.11 Å². The number of rotatable bonds is 4. The van der Waals surface area contributed by atoms with E-state index in [-0.39, 0.29) is 12.1 Å². The molecule has 1 fully saturated rings. The standard InChI is InChI=1S/C14H23NOS/c1-11-8-13(12(2)17-11)9-15-14(10-16)6-4-3-5-7-14/h8,15-16H,3-7,9-10H2,1-2H3. The summed E-state index contributed by atoms with van der Waals surface area (Å²) in [4.78, 5) is 2.78. The zero-order chi connectivity index (χ0) is 12.3. The summed E-state index contributed by atoms with van der Waals surface area (Å²) in [5.74, 6) is 0. The van der Waals surface area contributed by atoms with Crippen molar-refractivity contribution in [3.63, 3.8) is 0 Å². The first-order valence-electron chi connectivity index (χ1n) is 6.57. The highest BCUT2D eigenvalue weighted by atomic mass is 32.1. The Morgan fingerprint density at radius 2 is 2.00 bits per heavy atom. The monoisotopic (exact) mass is 253 g/mol. The Bertz CT molecular complexity index is 366. The molecule has 0 amide bonds. The van der Waals surface area contributed by atoms with Crippen molar-refractivity contribution in [1.82, 2.24) is 5.32 Å². The van der Waals surface area contributed by atoms with Crippen molar-refractivity contribution in [2.24, 2.45) is 0 Å². The molecule has 0 atom stereocenters. The summed E-state index contributed by atoms with van der Waals surface area (Å²) in [5.41, 5.74) is 1.38. The van der Waals surface area contributed by atoms with E-state index in [0.29, 0.717) is 0 Å². The molecule has 1 saturated carbocycles. The van der Waals surface area contributed by atoms with Gasteiger partial charge in [-0.3, -0.25) is 0 Å². The van der Waals surface area contributed by atoms with Crippen molar-refractivity contribution >= 4 is 11.3 Å². The lowest BCUT2D eigenvalue weighted by molar-refractivity contribution is 0.119. The van der Waals surface area contributed by atoms with Gasteiger partial charge in [-0.15, -0.1) is 11.3 Å². The van der Waals surface area contributed by atoms with Crippen LogP contribution in [0.5, 0.6) is 0 Å². The number of aryl methyl sites for hydroxylation is 2. The highest BCUT2D eigenvalue weighted by Gasteiger charge is 2.30. The van der Waals surface area contributed by atoms with Gasteiger partial charge in [-0.1, -0.05) is 19.3 Å². The van der Waals surface area contributed by atoms with Gasteiger partial charge in [0.2, 0.25) is 0 Å². The molecule has 0 radical (unpaired) electrons. The average Bonchev–Trinajstić information content (AvgIpc) is 2.67. The predicted octanol–water partition coefficient (Wildman–Crippen LogP) is 3.15. The Morgan fingerprint density at radius 1 is 1.29 bits per heavy atom. The quantitative estimate of drug-likeness (QED) is 0.864. The van der Waals surface area contributed by atoms with Crippen LogP contribution in [0, 0.1) is 13.8 Å². The van der Waals surface area contributed by atoms with Crippen molar-refractivity contribution in [1.29, 1.82) is 0 Å². The molecule has 0 spiro atoms. The van der Waals surface area contributed by atoms with Gasteiger partial charge in [0.05, 0.1) is 6.61 Å². The molecular weight excluding hydrogens is 230 g/mol. The van der Waals surface area contributed by atoms with Crippen molar-refractivity contribution in [2.75, 3.05) is 6.61 Å². The van der Waals surface area contributed by atoms with Crippen LogP contribution in [-0.4, -0.2) is 17.3 Å². The van der Waals surface area contributed by atoms with Gasteiger partial charge in [-0.2, -0.15) is 0 Å². The predicted molar refractivity (Wildman–Crippen MR) is 73.5 cm³/mol. The minimum atomic E-state index is -0.0134. The highest BCUT2D eigenvalue weighted by Crippen LogP contribution is 2.29. The molecule has 0 bridgehead atoms. The Labute approximate surface area is 108 Å². The van der Waals surface area contributed by atoms with E-state index < -0.39 is 0 Å². The average molecular weight is 253 g/mol. The zero-order valence-electron chi connectivity index (χ0n) is 10.9. The third-order valence-corrected chi connectivity index (χ3v) is 4.92. The van der Waals surface area contributed by atoms with E-state index in [4.69, 9.17) is 0 Å². The second kappa shape index (κ2) is 5.51. The van der Waals surface area contributed by atoms with E-state index in [0.717, 1.165) is 19.4 Å². The Hall–Kier alpha value is -0.380. The van der Waals surface area contributed by atoms with E-state index in [1.807, 2.05) is 11.3 Å². The van der Waals surface area contributed by atoms with E-state index in [1.54, 1.807) is 0 Å². The topological polar surface area (TPSA) is 32.3 Å². The highest BCUT2D eigenvalue weighted by molar-refractivity contribution is 7.12. The lowest BCUT2D eigenvalue weighted by Crippen LogP contribution is -2.49. The summed E-state index contributed by atoms with van der Waals surface area (Å²) in [6.07, 6.45) is 6.04. The molecule has 1 aliphatic carbocycles. The molecule has 96 valence electrons. The summed E-state index contributed by atoms with van der Waals surface area (Å²) in [6.45, 7) is 5.51. The molecule has 0 saturated heterocycles. The van der Waals surface area contributed by atoms with Gasteiger partial charge >= 0.3 is 0 Å². The van der Waals surface area contributed by atoms with Gasteiger partial charge in [0.25, 0.3) is 0 Å². The molecule has 1 heterocycles. The molecule has 0 aliphatic heterocycles. The first-order chi connectivity index (χ1) is 8.15. The number of aliphatic hydroxyl groups is 1. The SMILES string of the molecule is Cc1cc(CNC2(CO)CCCCC2)c(C)s1. The van der Waals surface area contributed by atoms with Crippen LogP contribution in [0.4, 0.5) is 0 Å². The molecule has 2 N–H and O–H groups in total. The van der Waals surface area contributed by atoms with Gasteiger partial charge in [0.1, 0.15) is 0 Å². The summed E-state index contributed by atoms with van der Waals surface area (Å²) < 4.78 is 0. The Kier molecular flexibility index (Phi) is 4.23. The molecule has 1 aromatic rings. The van der Waals surface area contributed by atoms with Crippen LogP contribution in [0.1, 0.15) is 47.4 Å². The molecular formula is C14H23NOS. The largest absolute Gasteiger partial charge is 0.394 e.